The number of carbonyl (C=O) groups is 1. The number of anilines is 1. The molecule has 3 aromatic carbocycles. The van der Waals surface area contributed by atoms with Gasteiger partial charge in [-0.05, 0) is 23.9 Å². The number of benzene rings is 3. The van der Waals surface area contributed by atoms with Gasteiger partial charge in [0.1, 0.15) is 6.10 Å². The number of hydrogen-bond donors (Lipinski definition) is 1. The van der Waals surface area contributed by atoms with Gasteiger partial charge in [0, 0.05) is 5.39 Å². The molecule has 110 valence electrons. The molecule has 0 aromatic heterocycles. The monoisotopic (exact) mass is 291 g/mol. The first-order valence-corrected chi connectivity index (χ1v) is 7.24. The molecule has 3 heteroatoms. The van der Waals surface area contributed by atoms with Crippen molar-refractivity contribution >= 4 is 22.6 Å². The summed E-state index contributed by atoms with van der Waals surface area (Å²) in [5.41, 5.74) is 1.72. The van der Waals surface area contributed by atoms with Crippen molar-refractivity contribution in [1.29, 1.82) is 0 Å². The topological polar surface area (TPSA) is 38.3 Å². The van der Waals surface area contributed by atoms with E-state index >= 15 is 0 Å². The smallest absolute Gasteiger partial charge is 0.412 e. The summed E-state index contributed by atoms with van der Waals surface area (Å²) in [6.45, 7) is 1.86. The van der Waals surface area contributed by atoms with Crippen molar-refractivity contribution in [2.24, 2.45) is 0 Å². The van der Waals surface area contributed by atoms with Gasteiger partial charge in [0.15, 0.2) is 0 Å². The number of nitrogens with one attached hydrogen (secondary N) is 1. The van der Waals surface area contributed by atoms with Crippen LogP contribution < -0.4 is 5.32 Å². The quantitative estimate of drug-likeness (QED) is 0.724. The highest BCUT2D eigenvalue weighted by Crippen LogP contribution is 2.24. The van der Waals surface area contributed by atoms with Crippen molar-refractivity contribution < 1.29 is 9.53 Å². The summed E-state index contributed by atoms with van der Waals surface area (Å²) in [6.07, 6.45) is -0.746. The summed E-state index contributed by atoms with van der Waals surface area (Å²) in [5, 5.41) is 4.90. The van der Waals surface area contributed by atoms with Gasteiger partial charge >= 0.3 is 6.09 Å². The molecular formula is C19H17NO2. The van der Waals surface area contributed by atoms with E-state index in [0.29, 0.717) is 0 Å². The van der Waals surface area contributed by atoms with Crippen molar-refractivity contribution in [2.75, 3.05) is 5.32 Å². The Morgan fingerprint density at radius 3 is 2.41 bits per heavy atom. The van der Waals surface area contributed by atoms with E-state index in [0.717, 1.165) is 22.0 Å². The van der Waals surface area contributed by atoms with E-state index in [1.807, 2.05) is 79.7 Å². The Balaban J connectivity index is 1.74. The molecule has 0 radical (unpaired) electrons. The summed E-state index contributed by atoms with van der Waals surface area (Å²) in [6, 6.07) is 23.4. The van der Waals surface area contributed by atoms with Crippen molar-refractivity contribution in [2.45, 2.75) is 13.0 Å². The third-order valence-electron chi connectivity index (χ3n) is 3.58. The molecule has 0 heterocycles. The molecule has 0 spiro atoms. The summed E-state index contributed by atoms with van der Waals surface area (Å²) in [4.78, 5) is 12.1. The van der Waals surface area contributed by atoms with Crippen LogP contribution in [0.1, 0.15) is 18.6 Å². The summed E-state index contributed by atoms with van der Waals surface area (Å²) < 4.78 is 5.44. The minimum Gasteiger partial charge on any atom is -0.441 e. The Kier molecular flexibility index (Phi) is 4.05. The SMILES string of the molecule is C[C@H](OC(=O)Nc1cccc2ccccc12)c1ccccc1. The zero-order valence-corrected chi connectivity index (χ0v) is 12.3. The molecule has 22 heavy (non-hydrogen) atoms. The maximum Gasteiger partial charge on any atom is 0.412 e. The fourth-order valence-electron chi connectivity index (χ4n) is 2.43. The minimum atomic E-state index is -0.451. The van der Waals surface area contributed by atoms with Gasteiger partial charge in [0.25, 0.3) is 0 Å². The van der Waals surface area contributed by atoms with Crippen molar-refractivity contribution in [3.63, 3.8) is 0 Å². The highest BCUT2D eigenvalue weighted by atomic mass is 16.6. The highest BCUT2D eigenvalue weighted by molar-refractivity contribution is 6.00. The molecular weight excluding hydrogens is 274 g/mol. The molecule has 0 aliphatic heterocycles. The van der Waals surface area contributed by atoms with E-state index in [-0.39, 0.29) is 6.10 Å². The van der Waals surface area contributed by atoms with Crippen molar-refractivity contribution in [3.8, 4) is 0 Å². The lowest BCUT2D eigenvalue weighted by atomic mass is 10.1. The van der Waals surface area contributed by atoms with Gasteiger partial charge in [-0.15, -0.1) is 0 Å². The molecule has 0 bridgehead atoms. The Morgan fingerprint density at radius 1 is 0.909 bits per heavy atom. The van der Waals surface area contributed by atoms with Crippen LogP contribution in [0.25, 0.3) is 10.8 Å². The van der Waals surface area contributed by atoms with E-state index in [9.17, 15) is 4.79 Å². The predicted molar refractivity (Wildman–Crippen MR) is 88.9 cm³/mol. The molecule has 1 N–H and O–H groups in total. The molecule has 1 atom stereocenters. The maximum absolute atomic E-state index is 12.1. The second-order valence-corrected chi connectivity index (χ2v) is 5.11. The average Bonchev–Trinajstić information content (AvgIpc) is 2.56. The van der Waals surface area contributed by atoms with E-state index < -0.39 is 6.09 Å². The molecule has 0 unspecified atom stereocenters. The number of carbonyl (C=O) groups excluding carboxylic acids is 1. The van der Waals surface area contributed by atoms with Crippen LogP contribution in [0.15, 0.2) is 72.8 Å². The highest BCUT2D eigenvalue weighted by Gasteiger charge is 2.12. The summed E-state index contributed by atoms with van der Waals surface area (Å²) in [7, 11) is 0. The van der Waals surface area contributed by atoms with Gasteiger partial charge in [0.2, 0.25) is 0 Å². The van der Waals surface area contributed by atoms with Gasteiger partial charge in [-0.1, -0.05) is 66.7 Å². The van der Waals surface area contributed by atoms with E-state index in [1.165, 1.54) is 0 Å². The van der Waals surface area contributed by atoms with Crippen molar-refractivity contribution in [3.05, 3.63) is 78.4 Å². The second kappa shape index (κ2) is 6.31. The molecule has 3 rings (SSSR count). The fourth-order valence-corrected chi connectivity index (χ4v) is 2.43. The first kappa shape index (κ1) is 14.1. The van der Waals surface area contributed by atoms with E-state index in [4.69, 9.17) is 4.74 Å². The van der Waals surface area contributed by atoms with E-state index in [1.54, 1.807) is 0 Å². The minimum absolute atomic E-state index is 0.295. The number of fused-ring (bicyclic) bond motifs is 1. The number of amides is 1. The van der Waals surface area contributed by atoms with Crippen LogP contribution in [-0.2, 0) is 4.74 Å². The molecule has 0 saturated heterocycles. The standard InChI is InChI=1S/C19H17NO2/c1-14(15-8-3-2-4-9-15)22-19(21)20-18-13-7-11-16-10-5-6-12-17(16)18/h2-14H,1H3,(H,20,21)/t14-/m0/s1. The average molecular weight is 291 g/mol. The van der Waals surface area contributed by atoms with Crippen LogP contribution in [0.3, 0.4) is 0 Å². The lowest BCUT2D eigenvalue weighted by Crippen LogP contribution is -2.16. The van der Waals surface area contributed by atoms with Crippen LogP contribution in [0.5, 0.6) is 0 Å². The number of rotatable bonds is 3. The van der Waals surface area contributed by atoms with Gasteiger partial charge in [-0.3, -0.25) is 5.32 Å². The first-order chi connectivity index (χ1) is 10.7. The second-order valence-electron chi connectivity index (χ2n) is 5.11. The molecule has 0 aliphatic rings. The molecule has 3 aromatic rings. The van der Waals surface area contributed by atoms with Crippen LogP contribution >= 0.6 is 0 Å². The largest absolute Gasteiger partial charge is 0.441 e. The van der Waals surface area contributed by atoms with E-state index in [2.05, 4.69) is 5.32 Å². The predicted octanol–water partition coefficient (Wildman–Crippen LogP) is 5.15. The first-order valence-electron chi connectivity index (χ1n) is 7.24. The lowest BCUT2D eigenvalue weighted by molar-refractivity contribution is 0.121. The van der Waals surface area contributed by atoms with Crippen LogP contribution in [0.2, 0.25) is 0 Å². The third-order valence-corrected chi connectivity index (χ3v) is 3.58. The lowest BCUT2D eigenvalue weighted by Gasteiger charge is -2.15. The number of ether oxygens (including phenoxy) is 1. The maximum atomic E-state index is 12.1. The van der Waals surface area contributed by atoms with Crippen LogP contribution in [0.4, 0.5) is 10.5 Å². The van der Waals surface area contributed by atoms with Crippen LogP contribution in [-0.4, -0.2) is 6.09 Å². The van der Waals surface area contributed by atoms with Gasteiger partial charge < -0.3 is 4.74 Å². The van der Waals surface area contributed by atoms with Gasteiger partial charge in [0.05, 0.1) is 5.69 Å². The Bertz CT molecular complexity index is 778. The fraction of sp³-hybridized carbons (Fsp3) is 0.105. The zero-order valence-electron chi connectivity index (χ0n) is 12.3. The molecule has 1 amide bonds. The zero-order chi connectivity index (χ0) is 15.4. The Morgan fingerprint density at radius 2 is 1.59 bits per heavy atom. The summed E-state index contributed by atoms with van der Waals surface area (Å²) >= 11 is 0. The third kappa shape index (κ3) is 3.09. The van der Waals surface area contributed by atoms with Crippen LogP contribution in [0, 0.1) is 0 Å². The molecule has 0 aliphatic carbocycles. The van der Waals surface area contributed by atoms with Gasteiger partial charge in [-0.2, -0.15) is 0 Å². The normalized spacial score (nSPS) is 11.9. The molecule has 0 fully saturated rings. The van der Waals surface area contributed by atoms with Gasteiger partial charge in [-0.25, -0.2) is 4.79 Å². The summed E-state index contributed by atoms with van der Waals surface area (Å²) in [5.74, 6) is 0. The van der Waals surface area contributed by atoms with Crippen molar-refractivity contribution in [1.82, 2.24) is 0 Å². The molecule has 3 nitrogen and oxygen atoms in total. The number of hydrogen-bond acceptors (Lipinski definition) is 2. The Hall–Kier alpha value is -2.81. The molecule has 0 saturated carbocycles. The Labute approximate surface area is 129 Å².